The molecule has 8 heteroatoms. The summed E-state index contributed by atoms with van der Waals surface area (Å²) in [5.74, 6) is 0.957. The summed E-state index contributed by atoms with van der Waals surface area (Å²) in [6, 6.07) is 21.8. The molecule has 1 atom stereocenters. The van der Waals surface area contributed by atoms with Crippen LogP contribution in [-0.2, 0) is 6.61 Å². The highest BCUT2D eigenvalue weighted by Crippen LogP contribution is 2.45. The first kappa shape index (κ1) is 23.4. The molecule has 36 heavy (non-hydrogen) atoms. The summed E-state index contributed by atoms with van der Waals surface area (Å²) in [6.07, 6.45) is 0. The number of carbonyl (C=O) groups is 1. The first-order valence-electron chi connectivity index (χ1n) is 11.8. The molecule has 1 aliphatic rings. The van der Waals surface area contributed by atoms with E-state index in [0.29, 0.717) is 47.2 Å². The lowest BCUT2D eigenvalue weighted by Crippen LogP contribution is -2.32. The van der Waals surface area contributed by atoms with Gasteiger partial charge in [-0.2, -0.15) is 5.10 Å². The molecule has 8 nitrogen and oxygen atoms in total. The number of aromatic amines is 1. The Hall–Kier alpha value is -4.30. The van der Waals surface area contributed by atoms with Gasteiger partial charge in [0, 0.05) is 17.7 Å². The molecular formula is C28H27N3O5. The van der Waals surface area contributed by atoms with Crippen molar-refractivity contribution in [2.45, 2.75) is 19.6 Å². The molecule has 0 spiro atoms. The van der Waals surface area contributed by atoms with Crippen molar-refractivity contribution < 1.29 is 24.5 Å². The van der Waals surface area contributed by atoms with E-state index in [1.807, 2.05) is 55.5 Å². The molecule has 1 amide bonds. The number of ether oxygens (including phenoxy) is 2. The Kier molecular flexibility index (Phi) is 6.60. The number of rotatable bonds is 9. The zero-order chi connectivity index (χ0) is 25.1. The number of aromatic hydroxyl groups is 1. The van der Waals surface area contributed by atoms with Crippen molar-refractivity contribution in [3.8, 4) is 28.5 Å². The lowest BCUT2D eigenvalue weighted by atomic mass is 9.95. The normalized spacial score (nSPS) is 14.7. The number of nitrogens with one attached hydrogen (secondary N) is 1. The van der Waals surface area contributed by atoms with Crippen LogP contribution in [0.15, 0.2) is 72.8 Å². The second-order valence-corrected chi connectivity index (χ2v) is 8.42. The summed E-state index contributed by atoms with van der Waals surface area (Å²) >= 11 is 0. The van der Waals surface area contributed by atoms with Gasteiger partial charge in [-0.25, -0.2) is 0 Å². The van der Waals surface area contributed by atoms with Crippen LogP contribution >= 0.6 is 0 Å². The number of aliphatic hydroxyl groups excluding tert-OH is 1. The van der Waals surface area contributed by atoms with E-state index >= 15 is 0 Å². The molecule has 0 bridgehead atoms. The molecule has 5 rings (SSSR count). The highest BCUT2D eigenvalue weighted by atomic mass is 16.5. The Balaban J connectivity index is 1.56. The fourth-order valence-corrected chi connectivity index (χ4v) is 4.58. The van der Waals surface area contributed by atoms with Crippen molar-refractivity contribution in [3.63, 3.8) is 0 Å². The van der Waals surface area contributed by atoms with Crippen LogP contribution in [0.3, 0.4) is 0 Å². The first-order chi connectivity index (χ1) is 17.6. The largest absolute Gasteiger partial charge is 0.507 e. The van der Waals surface area contributed by atoms with E-state index in [-0.39, 0.29) is 24.8 Å². The molecule has 0 saturated carbocycles. The van der Waals surface area contributed by atoms with E-state index in [1.54, 1.807) is 29.2 Å². The van der Waals surface area contributed by atoms with Crippen molar-refractivity contribution in [2.24, 2.45) is 0 Å². The van der Waals surface area contributed by atoms with Crippen LogP contribution in [0.1, 0.15) is 40.1 Å². The van der Waals surface area contributed by atoms with Gasteiger partial charge in [0.25, 0.3) is 5.91 Å². The number of nitrogens with zero attached hydrogens (tertiary/aromatic N) is 2. The minimum Gasteiger partial charge on any atom is -0.507 e. The second-order valence-electron chi connectivity index (χ2n) is 8.42. The van der Waals surface area contributed by atoms with E-state index in [1.165, 1.54) is 0 Å². The number of fused-ring (bicyclic) bond motifs is 1. The van der Waals surface area contributed by atoms with Crippen LogP contribution in [0.4, 0.5) is 0 Å². The number of phenolic OH excluding ortho intramolecular Hbond substituents is 1. The van der Waals surface area contributed by atoms with Gasteiger partial charge >= 0.3 is 0 Å². The van der Waals surface area contributed by atoms with Crippen LogP contribution in [0, 0.1) is 0 Å². The highest BCUT2D eigenvalue weighted by molar-refractivity contribution is 6.00. The SMILES string of the molecule is CCOc1cc(C2c3c(-c4ccccc4O)n[nH]c3C(=O)N2CCO)ccc1OCc1ccccc1. The molecule has 3 aromatic carbocycles. The number of β-amino-alcohol motifs (C(OH)–C–C–N with tert-alkyl or cyclic N) is 1. The standard InChI is InChI=1S/C28H27N3O5/c1-2-35-23-16-19(12-13-22(23)36-17-18-8-4-3-5-9-18)27-24-25(20-10-6-7-11-21(20)33)29-30-26(24)28(34)31(27)14-15-32/h3-13,16,27,32-33H,2,14-15,17H2,1H3,(H,29,30). The molecule has 0 aliphatic carbocycles. The Bertz CT molecular complexity index is 1370. The lowest BCUT2D eigenvalue weighted by molar-refractivity contribution is 0.0706. The number of aliphatic hydroxyl groups is 1. The number of hydrogen-bond acceptors (Lipinski definition) is 6. The average Bonchev–Trinajstić information content (AvgIpc) is 3.44. The van der Waals surface area contributed by atoms with Gasteiger partial charge in [-0.3, -0.25) is 9.89 Å². The molecule has 184 valence electrons. The average molecular weight is 486 g/mol. The van der Waals surface area contributed by atoms with Crippen LogP contribution in [-0.4, -0.2) is 51.0 Å². The molecule has 0 radical (unpaired) electrons. The molecule has 1 unspecified atom stereocenters. The third kappa shape index (κ3) is 4.27. The Labute approximate surface area is 208 Å². The van der Waals surface area contributed by atoms with Gasteiger partial charge in [0.1, 0.15) is 23.7 Å². The van der Waals surface area contributed by atoms with Crippen LogP contribution in [0.2, 0.25) is 0 Å². The third-order valence-electron chi connectivity index (χ3n) is 6.18. The third-order valence-corrected chi connectivity index (χ3v) is 6.18. The van der Waals surface area contributed by atoms with Gasteiger partial charge in [0.2, 0.25) is 0 Å². The minimum atomic E-state index is -0.532. The lowest BCUT2D eigenvalue weighted by Gasteiger charge is -2.26. The van der Waals surface area contributed by atoms with Gasteiger partial charge in [-0.05, 0) is 42.3 Å². The summed E-state index contributed by atoms with van der Waals surface area (Å²) in [4.78, 5) is 14.9. The molecule has 2 heterocycles. The van der Waals surface area contributed by atoms with Crippen LogP contribution in [0.5, 0.6) is 17.2 Å². The van der Waals surface area contributed by atoms with Crippen molar-refractivity contribution in [1.29, 1.82) is 0 Å². The van der Waals surface area contributed by atoms with Crippen molar-refractivity contribution in [2.75, 3.05) is 19.8 Å². The molecule has 0 fully saturated rings. The predicted molar refractivity (Wildman–Crippen MR) is 134 cm³/mol. The predicted octanol–water partition coefficient (Wildman–Crippen LogP) is 4.30. The zero-order valence-corrected chi connectivity index (χ0v) is 19.8. The number of para-hydroxylation sites is 1. The Morgan fingerprint density at radius 3 is 2.53 bits per heavy atom. The van der Waals surface area contributed by atoms with E-state index in [9.17, 15) is 15.0 Å². The number of H-pyrrole nitrogens is 1. The van der Waals surface area contributed by atoms with Crippen LogP contribution in [0.25, 0.3) is 11.3 Å². The first-order valence-corrected chi connectivity index (χ1v) is 11.8. The number of carbonyl (C=O) groups excluding carboxylic acids is 1. The summed E-state index contributed by atoms with van der Waals surface area (Å²) in [7, 11) is 0. The number of phenols is 1. The fraction of sp³-hybridized carbons (Fsp3) is 0.214. The number of aromatic nitrogens is 2. The van der Waals surface area contributed by atoms with E-state index < -0.39 is 6.04 Å². The van der Waals surface area contributed by atoms with E-state index in [2.05, 4.69) is 10.2 Å². The van der Waals surface area contributed by atoms with Crippen molar-refractivity contribution in [1.82, 2.24) is 15.1 Å². The number of benzene rings is 3. The van der Waals surface area contributed by atoms with E-state index in [0.717, 1.165) is 11.1 Å². The molecule has 1 aliphatic heterocycles. The monoisotopic (exact) mass is 485 g/mol. The fourth-order valence-electron chi connectivity index (χ4n) is 4.58. The quantitative estimate of drug-likeness (QED) is 0.326. The highest BCUT2D eigenvalue weighted by Gasteiger charge is 2.42. The summed E-state index contributed by atoms with van der Waals surface area (Å²) in [5.41, 5.74) is 3.82. The number of hydrogen-bond donors (Lipinski definition) is 3. The molecular weight excluding hydrogens is 458 g/mol. The van der Waals surface area contributed by atoms with Gasteiger partial charge in [-0.1, -0.05) is 48.5 Å². The van der Waals surface area contributed by atoms with Gasteiger partial charge in [-0.15, -0.1) is 0 Å². The zero-order valence-electron chi connectivity index (χ0n) is 19.8. The molecule has 4 aromatic rings. The summed E-state index contributed by atoms with van der Waals surface area (Å²) in [5, 5.41) is 27.4. The summed E-state index contributed by atoms with van der Waals surface area (Å²) < 4.78 is 12.0. The maximum Gasteiger partial charge on any atom is 0.273 e. The molecule has 0 saturated heterocycles. The maximum atomic E-state index is 13.3. The van der Waals surface area contributed by atoms with Crippen LogP contribution < -0.4 is 9.47 Å². The topological polar surface area (TPSA) is 108 Å². The van der Waals surface area contributed by atoms with E-state index in [4.69, 9.17) is 9.47 Å². The summed E-state index contributed by atoms with van der Waals surface area (Å²) in [6.45, 7) is 2.68. The van der Waals surface area contributed by atoms with Crippen molar-refractivity contribution in [3.05, 3.63) is 95.2 Å². The van der Waals surface area contributed by atoms with Gasteiger partial charge in [0.15, 0.2) is 11.5 Å². The Morgan fingerprint density at radius 2 is 1.78 bits per heavy atom. The number of amides is 1. The molecule has 1 aromatic heterocycles. The maximum absolute atomic E-state index is 13.3. The smallest absolute Gasteiger partial charge is 0.273 e. The van der Waals surface area contributed by atoms with Gasteiger partial charge in [0.05, 0.1) is 19.3 Å². The van der Waals surface area contributed by atoms with Gasteiger partial charge < -0.3 is 24.6 Å². The second kappa shape index (κ2) is 10.1. The minimum absolute atomic E-state index is 0.0678. The van der Waals surface area contributed by atoms with Crippen molar-refractivity contribution >= 4 is 5.91 Å². The Morgan fingerprint density at radius 1 is 1.00 bits per heavy atom. The molecule has 3 N–H and O–H groups in total.